The van der Waals surface area contributed by atoms with Crippen LogP contribution < -0.4 is 10.2 Å². The molecule has 1 saturated heterocycles. The Hall–Kier alpha value is -2.06. The molecule has 9 heteroatoms. The van der Waals surface area contributed by atoms with Crippen LogP contribution in [-0.2, 0) is 10.9 Å². The number of ether oxygens (including phenoxy) is 1. The first-order chi connectivity index (χ1) is 11.9. The Morgan fingerprint density at radius 2 is 1.96 bits per heavy atom. The first-order valence-corrected chi connectivity index (χ1v) is 8.00. The molecule has 5 nitrogen and oxygen atoms in total. The second-order valence-corrected chi connectivity index (χ2v) is 5.90. The topological polar surface area (TPSA) is 50.3 Å². The number of halogens is 4. The van der Waals surface area contributed by atoms with Crippen molar-refractivity contribution >= 4 is 23.1 Å². The Labute approximate surface area is 147 Å². The SMILES string of the molecule is CNc1c(Cl)ncnc1N1CCOC(c2ccc(C(F)(F)F)cc2)C1. The number of nitrogens with zero attached hydrogens (tertiary/aromatic N) is 3. The van der Waals surface area contributed by atoms with Gasteiger partial charge in [0.15, 0.2) is 11.0 Å². The molecule has 2 aromatic rings. The number of benzene rings is 1. The molecule has 1 atom stereocenters. The van der Waals surface area contributed by atoms with Crippen LogP contribution in [0.2, 0.25) is 5.15 Å². The summed E-state index contributed by atoms with van der Waals surface area (Å²) in [4.78, 5) is 10.2. The maximum atomic E-state index is 12.7. The third-order valence-electron chi connectivity index (χ3n) is 4.01. The molecular weight excluding hydrogens is 357 g/mol. The van der Waals surface area contributed by atoms with Crippen molar-refractivity contribution in [2.24, 2.45) is 0 Å². The number of nitrogens with one attached hydrogen (secondary N) is 1. The molecular formula is C16H16ClF3N4O. The average molecular weight is 373 g/mol. The van der Waals surface area contributed by atoms with Gasteiger partial charge < -0.3 is 15.0 Å². The Morgan fingerprint density at radius 1 is 1.24 bits per heavy atom. The number of hydrogen-bond acceptors (Lipinski definition) is 5. The molecule has 1 aliphatic heterocycles. The predicted octanol–water partition coefficient (Wildman–Crippen LogP) is 3.77. The van der Waals surface area contributed by atoms with Gasteiger partial charge >= 0.3 is 6.18 Å². The smallest absolute Gasteiger partial charge is 0.383 e. The highest BCUT2D eigenvalue weighted by atomic mass is 35.5. The second-order valence-electron chi connectivity index (χ2n) is 5.54. The molecule has 1 fully saturated rings. The summed E-state index contributed by atoms with van der Waals surface area (Å²) in [5, 5.41) is 3.29. The van der Waals surface area contributed by atoms with Crippen molar-refractivity contribution in [2.75, 3.05) is 37.0 Å². The third kappa shape index (κ3) is 3.80. The van der Waals surface area contributed by atoms with Crippen molar-refractivity contribution < 1.29 is 17.9 Å². The van der Waals surface area contributed by atoms with Crippen LogP contribution in [0.5, 0.6) is 0 Å². The fourth-order valence-electron chi connectivity index (χ4n) is 2.74. The second kappa shape index (κ2) is 7.05. The van der Waals surface area contributed by atoms with Crippen molar-refractivity contribution in [2.45, 2.75) is 12.3 Å². The lowest BCUT2D eigenvalue weighted by Crippen LogP contribution is -2.39. The van der Waals surface area contributed by atoms with E-state index in [2.05, 4.69) is 15.3 Å². The fourth-order valence-corrected chi connectivity index (χ4v) is 2.96. The molecule has 1 aliphatic rings. The molecule has 25 heavy (non-hydrogen) atoms. The van der Waals surface area contributed by atoms with Gasteiger partial charge in [0.2, 0.25) is 0 Å². The highest BCUT2D eigenvalue weighted by molar-refractivity contribution is 6.32. The minimum Gasteiger partial charge on any atom is -0.383 e. The molecule has 2 heterocycles. The van der Waals surface area contributed by atoms with Crippen LogP contribution in [0.4, 0.5) is 24.7 Å². The highest BCUT2D eigenvalue weighted by Crippen LogP contribution is 2.34. The summed E-state index contributed by atoms with van der Waals surface area (Å²) in [5.41, 5.74) is 0.616. The molecule has 0 bridgehead atoms. The summed E-state index contributed by atoms with van der Waals surface area (Å²) in [6.45, 7) is 1.48. The van der Waals surface area contributed by atoms with Gasteiger partial charge in [-0.15, -0.1) is 0 Å². The van der Waals surface area contributed by atoms with Crippen LogP contribution in [0.25, 0.3) is 0 Å². The molecule has 0 spiro atoms. The number of rotatable bonds is 3. The van der Waals surface area contributed by atoms with Gasteiger partial charge in [-0.2, -0.15) is 13.2 Å². The van der Waals surface area contributed by atoms with Crippen molar-refractivity contribution in [1.29, 1.82) is 0 Å². The van der Waals surface area contributed by atoms with Crippen molar-refractivity contribution in [3.05, 3.63) is 46.9 Å². The van der Waals surface area contributed by atoms with Gasteiger partial charge in [0.05, 0.1) is 12.2 Å². The number of aromatic nitrogens is 2. The number of alkyl halides is 3. The molecule has 1 aromatic heterocycles. The van der Waals surface area contributed by atoms with E-state index in [1.807, 2.05) is 4.90 Å². The molecule has 1 unspecified atom stereocenters. The molecule has 134 valence electrons. The van der Waals surface area contributed by atoms with Crippen LogP contribution in [0.3, 0.4) is 0 Å². The van der Waals surface area contributed by atoms with E-state index in [0.717, 1.165) is 12.1 Å². The van der Waals surface area contributed by atoms with E-state index in [-0.39, 0.29) is 6.10 Å². The highest BCUT2D eigenvalue weighted by Gasteiger charge is 2.31. The van der Waals surface area contributed by atoms with Crippen LogP contribution in [0.15, 0.2) is 30.6 Å². The molecule has 0 amide bonds. The lowest BCUT2D eigenvalue weighted by atomic mass is 10.1. The summed E-state index contributed by atoms with van der Waals surface area (Å²) in [6.07, 6.45) is -3.33. The van der Waals surface area contributed by atoms with Gasteiger partial charge in [-0.25, -0.2) is 9.97 Å². The number of morpholine rings is 1. The lowest BCUT2D eigenvalue weighted by molar-refractivity contribution is -0.137. The van der Waals surface area contributed by atoms with E-state index < -0.39 is 11.7 Å². The fraction of sp³-hybridized carbons (Fsp3) is 0.375. The van der Waals surface area contributed by atoms with Crippen molar-refractivity contribution in [3.63, 3.8) is 0 Å². The lowest BCUT2D eigenvalue weighted by Gasteiger charge is -2.34. The number of anilines is 2. The zero-order chi connectivity index (χ0) is 18.0. The van der Waals surface area contributed by atoms with Crippen molar-refractivity contribution in [3.8, 4) is 0 Å². The Kier molecular flexibility index (Phi) is 5.01. The largest absolute Gasteiger partial charge is 0.416 e. The molecule has 0 radical (unpaired) electrons. The first kappa shape index (κ1) is 17.8. The monoisotopic (exact) mass is 372 g/mol. The van der Waals surface area contributed by atoms with E-state index in [9.17, 15) is 13.2 Å². The summed E-state index contributed by atoms with van der Waals surface area (Å²) in [6, 6.07) is 5.03. The Morgan fingerprint density at radius 3 is 2.60 bits per heavy atom. The average Bonchev–Trinajstić information content (AvgIpc) is 2.61. The summed E-state index contributed by atoms with van der Waals surface area (Å²) in [7, 11) is 1.72. The van der Waals surface area contributed by atoms with Gasteiger partial charge in [-0.3, -0.25) is 0 Å². The molecule has 1 N–H and O–H groups in total. The zero-order valence-corrected chi connectivity index (χ0v) is 14.1. The quantitative estimate of drug-likeness (QED) is 0.831. The predicted molar refractivity (Wildman–Crippen MR) is 88.9 cm³/mol. The van der Waals surface area contributed by atoms with E-state index in [0.29, 0.717) is 41.9 Å². The molecule has 1 aromatic carbocycles. The normalized spacial score (nSPS) is 18.3. The van der Waals surface area contributed by atoms with Crippen LogP contribution in [-0.4, -0.2) is 36.7 Å². The van der Waals surface area contributed by atoms with Crippen molar-refractivity contribution in [1.82, 2.24) is 9.97 Å². The minimum atomic E-state index is -4.35. The Bertz CT molecular complexity index is 739. The van der Waals surface area contributed by atoms with Gasteiger partial charge in [-0.05, 0) is 17.7 Å². The number of hydrogen-bond donors (Lipinski definition) is 1. The summed E-state index contributed by atoms with van der Waals surface area (Å²) >= 11 is 6.08. The molecule has 0 aliphatic carbocycles. The van der Waals surface area contributed by atoms with Gasteiger partial charge in [-0.1, -0.05) is 23.7 Å². The standard InChI is InChI=1S/C16H16ClF3N4O/c1-21-13-14(17)22-9-23-15(13)24-6-7-25-12(8-24)10-2-4-11(5-3-10)16(18,19)20/h2-5,9,12,21H,6-8H2,1H3. The minimum absolute atomic E-state index is 0.310. The van der Waals surface area contributed by atoms with E-state index in [1.54, 1.807) is 7.05 Å². The molecule has 0 saturated carbocycles. The third-order valence-corrected chi connectivity index (χ3v) is 4.29. The van der Waals surface area contributed by atoms with E-state index >= 15 is 0 Å². The van der Waals surface area contributed by atoms with Crippen LogP contribution >= 0.6 is 11.6 Å². The van der Waals surface area contributed by atoms with Crippen LogP contribution in [0.1, 0.15) is 17.2 Å². The molecule has 3 rings (SSSR count). The first-order valence-electron chi connectivity index (χ1n) is 7.62. The van der Waals surface area contributed by atoms with Gasteiger partial charge in [0.25, 0.3) is 0 Å². The maximum Gasteiger partial charge on any atom is 0.416 e. The maximum absolute atomic E-state index is 12.7. The summed E-state index contributed by atoms with van der Waals surface area (Å²) < 4.78 is 43.8. The Balaban J connectivity index is 1.81. The van der Waals surface area contributed by atoms with Crippen LogP contribution in [0, 0.1) is 0 Å². The van der Waals surface area contributed by atoms with E-state index in [1.165, 1.54) is 18.5 Å². The zero-order valence-electron chi connectivity index (χ0n) is 13.3. The van der Waals surface area contributed by atoms with Gasteiger partial charge in [0.1, 0.15) is 18.1 Å². The van der Waals surface area contributed by atoms with Gasteiger partial charge in [0, 0.05) is 20.1 Å². The summed E-state index contributed by atoms with van der Waals surface area (Å²) in [5.74, 6) is 0.641. The van der Waals surface area contributed by atoms with E-state index in [4.69, 9.17) is 16.3 Å².